The molecule has 0 aliphatic heterocycles. The van der Waals surface area contributed by atoms with Gasteiger partial charge in [0.25, 0.3) is 0 Å². The van der Waals surface area contributed by atoms with Crippen molar-refractivity contribution in [2.75, 3.05) is 0 Å². The van der Waals surface area contributed by atoms with Gasteiger partial charge in [0.15, 0.2) is 0 Å². The predicted octanol–water partition coefficient (Wildman–Crippen LogP) is 34.0. The average Bonchev–Trinajstić information content (AvgIpc) is 1.58. The average molecular weight is 1630 g/mol. The van der Waals surface area contributed by atoms with Crippen LogP contribution >= 0.6 is 11.3 Å². The van der Waals surface area contributed by atoms with Gasteiger partial charge in [0.1, 0.15) is 11.2 Å². The van der Waals surface area contributed by atoms with Crippen LogP contribution in [0.15, 0.2) is 393 Å². The first-order valence-electron chi connectivity index (χ1n) is 43.7. The van der Waals surface area contributed by atoms with E-state index in [9.17, 15) is 0 Å². The fourth-order valence-corrected chi connectivity index (χ4v) is 17.7. The summed E-state index contributed by atoms with van der Waals surface area (Å²) < 4.78 is 19.6. The summed E-state index contributed by atoms with van der Waals surface area (Å²) in [6, 6.07) is 136. The molecule has 0 N–H and O–H groups in total. The van der Waals surface area contributed by atoms with E-state index < -0.39 is 0 Å². The molecule has 7 heterocycles. The number of para-hydroxylation sites is 12. The molecule has 24 rings (SSSR count). The molecular formula is C116H117N5OS. The van der Waals surface area contributed by atoms with Crippen molar-refractivity contribution >= 4 is 162 Å². The maximum absolute atomic E-state index is 5.65. The lowest BCUT2D eigenvalue weighted by Gasteiger charge is -2.20. The lowest BCUT2D eigenvalue weighted by molar-refractivity contribution is 0.660. The van der Waals surface area contributed by atoms with E-state index in [2.05, 4.69) is 479 Å². The zero-order valence-corrected chi connectivity index (χ0v) is 75.1. The van der Waals surface area contributed by atoms with E-state index in [0.717, 1.165) is 11.2 Å². The van der Waals surface area contributed by atoms with Gasteiger partial charge in [-0.15, -0.1) is 11.3 Å². The van der Waals surface area contributed by atoms with E-state index in [0.29, 0.717) is 0 Å². The quantitative estimate of drug-likeness (QED) is 0.149. The third kappa shape index (κ3) is 19.0. The molecule has 0 saturated heterocycles. The number of hydrogen-bond acceptors (Lipinski definition) is 2. The van der Waals surface area contributed by atoms with E-state index in [4.69, 9.17) is 4.42 Å². The molecule has 618 valence electrons. The summed E-state index contributed by atoms with van der Waals surface area (Å²) >= 11 is 1.86. The molecule has 7 heteroatoms. The number of nitrogens with zero attached hydrogens (tertiary/aromatic N) is 5. The Bertz CT molecular complexity index is 6190. The van der Waals surface area contributed by atoms with Gasteiger partial charge in [-0.05, 0) is 107 Å². The van der Waals surface area contributed by atoms with E-state index in [1.807, 2.05) is 47.7 Å². The molecule has 0 fully saturated rings. The molecule has 1 aliphatic carbocycles. The van der Waals surface area contributed by atoms with Crippen LogP contribution in [-0.4, -0.2) is 22.8 Å². The number of fused-ring (bicyclic) bond motifs is 24. The van der Waals surface area contributed by atoms with Gasteiger partial charge in [-0.3, -0.25) is 0 Å². The first-order valence-corrected chi connectivity index (χ1v) is 44.5. The Morgan fingerprint density at radius 3 is 0.561 bits per heavy atom. The zero-order valence-electron chi connectivity index (χ0n) is 74.3. The van der Waals surface area contributed by atoms with Gasteiger partial charge in [-0.25, -0.2) is 0 Å². The molecule has 0 unspecified atom stereocenters. The Balaban J connectivity index is 0.000000119. The molecule has 123 heavy (non-hydrogen) atoms. The number of aryl methyl sites for hydroxylation is 5. The highest BCUT2D eigenvalue weighted by Crippen LogP contribution is 2.48. The van der Waals surface area contributed by atoms with Crippen LogP contribution in [0.25, 0.3) is 162 Å². The minimum atomic E-state index is 0.160. The van der Waals surface area contributed by atoms with Crippen LogP contribution in [0, 0.1) is 0 Å². The summed E-state index contributed by atoms with van der Waals surface area (Å²) in [7, 11) is 10.6. The third-order valence-corrected chi connectivity index (χ3v) is 23.3. The van der Waals surface area contributed by atoms with E-state index >= 15 is 0 Å². The first kappa shape index (κ1) is 87.4. The van der Waals surface area contributed by atoms with Crippen LogP contribution in [-0.2, 0) is 40.7 Å². The number of hydrogen-bond donors (Lipinski definition) is 0. The molecule has 0 saturated carbocycles. The van der Waals surface area contributed by atoms with Crippen molar-refractivity contribution in [1.82, 2.24) is 22.8 Å². The number of aromatic nitrogens is 5. The number of benzene rings is 16. The standard InChI is InChI=1S/C15H14.5C13H11N.C12H8O.C12H8S.4C3H8/c1-15(2)13-9-5-3-7-11(13)12-8-4-6-10-14(12)15;5*1-14-12-8-4-2-6-10(12)11-7-3-5-9-13(11)14;2*1-3-7-11-9(5-1)10-6-2-4-8-12(10)13-11;4*1-3-2/h3-10H,1-2H3;5*2-9H,1H3;2*1-8H;4*3H2,1-2H3. The van der Waals surface area contributed by atoms with Crippen LogP contribution in [0.4, 0.5) is 0 Å². The SMILES string of the molecule is CC1(C)c2ccccc2-c2ccccc21.CCC.CCC.CCC.CCC.Cn1c2ccccc2c2ccccc21.Cn1c2ccccc2c2ccccc21.Cn1c2ccccc2c2ccccc21.Cn1c2ccccc2c2ccccc21.Cn1c2ccccc2c2ccccc21.c1ccc2c(c1)oc1ccccc12.c1ccc2c(c1)sc1ccccc12. The van der Waals surface area contributed by atoms with Crippen LogP contribution in [0.2, 0.25) is 0 Å². The Morgan fingerprint density at radius 2 is 0.350 bits per heavy atom. The van der Waals surface area contributed by atoms with Crippen molar-refractivity contribution < 1.29 is 4.42 Å². The summed E-state index contributed by atoms with van der Waals surface area (Å²) in [6.45, 7) is 21.6. The second kappa shape index (κ2) is 41.7. The molecule has 7 aromatic heterocycles. The molecule has 1 aliphatic rings. The van der Waals surface area contributed by atoms with Gasteiger partial charge in [0.2, 0.25) is 0 Å². The highest BCUT2D eigenvalue weighted by Gasteiger charge is 2.34. The molecule has 23 aromatic rings. The second-order valence-corrected chi connectivity index (χ2v) is 32.8. The maximum atomic E-state index is 5.65. The summed E-state index contributed by atoms with van der Waals surface area (Å²) in [6.07, 6.45) is 5.00. The molecule has 0 atom stereocenters. The van der Waals surface area contributed by atoms with Crippen LogP contribution in [0.5, 0.6) is 0 Å². The second-order valence-electron chi connectivity index (χ2n) is 31.7. The van der Waals surface area contributed by atoms with Crippen molar-refractivity contribution in [2.45, 2.75) is 100 Å². The Morgan fingerprint density at radius 1 is 0.195 bits per heavy atom. The fraction of sp³-hybridized carbons (Fsp3) is 0.172. The van der Waals surface area contributed by atoms with Crippen LogP contribution in [0.3, 0.4) is 0 Å². The number of rotatable bonds is 0. The van der Waals surface area contributed by atoms with Gasteiger partial charge < -0.3 is 27.3 Å². The Kier molecular flexibility index (Phi) is 29.6. The summed E-state index contributed by atoms with van der Waals surface area (Å²) in [4.78, 5) is 0. The summed E-state index contributed by atoms with van der Waals surface area (Å²) in [5.74, 6) is 0. The van der Waals surface area contributed by atoms with E-state index in [1.54, 1.807) is 0 Å². The van der Waals surface area contributed by atoms with Crippen molar-refractivity contribution in [1.29, 1.82) is 0 Å². The van der Waals surface area contributed by atoms with Gasteiger partial charge in [0.05, 0.1) is 0 Å². The number of thiophene rings is 1. The molecule has 0 amide bonds. The Hall–Kier alpha value is -13.5. The monoisotopic (exact) mass is 1630 g/mol. The van der Waals surface area contributed by atoms with Gasteiger partial charge >= 0.3 is 0 Å². The maximum Gasteiger partial charge on any atom is 0.135 e. The van der Waals surface area contributed by atoms with Crippen molar-refractivity contribution in [3.63, 3.8) is 0 Å². The van der Waals surface area contributed by atoms with Crippen LogP contribution < -0.4 is 0 Å². The largest absolute Gasteiger partial charge is 0.456 e. The smallest absolute Gasteiger partial charge is 0.135 e. The normalized spacial score (nSPS) is 11.2. The molecular weight excluding hydrogens is 1510 g/mol. The van der Waals surface area contributed by atoms with E-state index in [-0.39, 0.29) is 5.41 Å². The highest BCUT2D eigenvalue weighted by atomic mass is 32.1. The molecule has 16 aromatic carbocycles. The van der Waals surface area contributed by atoms with Crippen molar-refractivity contribution in [2.24, 2.45) is 35.2 Å². The molecule has 0 spiro atoms. The van der Waals surface area contributed by atoms with Gasteiger partial charge in [0, 0.05) is 181 Å². The molecule has 0 bridgehead atoms. The lowest BCUT2D eigenvalue weighted by atomic mass is 9.82. The van der Waals surface area contributed by atoms with E-state index in [1.165, 1.54) is 188 Å². The molecule has 6 nitrogen and oxygen atoms in total. The Labute approximate surface area is 730 Å². The fourth-order valence-electron chi connectivity index (χ4n) is 16.6. The van der Waals surface area contributed by atoms with Gasteiger partial charge in [-0.2, -0.15) is 0 Å². The molecule has 0 radical (unpaired) electrons. The first-order chi connectivity index (χ1) is 60.2. The highest BCUT2D eigenvalue weighted by molar-refractivity contribution is 7.25. The lowest BCUT2D eigenvalue weighted by Crippen LogP contribution is -2.14. The van der Waals surface area contributed by atoms with Crippen molar-refractivity contribution in [3.8, 4) is 11.1 Å². The zero-order chi connectivity index (χ0) is 86.4. The third-order valence-electron chi connectivity index (χ3n) is 22.2. The topological polar surface area (TPSA) is 37.8 Å². The summed E-state index contributed by atoms with van der Waals surface area (Å²) in [5, 5.41) is 18.5. The van der Waals surface area contributed by atoms with Crippen LogP contribution in [0.1, 0.15) is 106 Å². The predicted molar refractivity (Wildman–Crippen MR) is 543 cm³/mol. The minimum absolute atomic E-state index is 0.160. The number of furan rings is 1. The van der Waals surface area contributed by atoms with Gasteiger partial charge in [-0.1, -0.05) is 398 Å². The summed E-state index contributed by atoms with van der Waals surface area (Å²) in [5.41, 5.74) is 20.8. The minimum Gasteiger partial charge on any atom is -0.456 e. The van der Waals surface area contributed by atoms with Crippen molar-refractivity contribution in [3.05, 3.63) is 399 Å².